The Morgan fingerprint density at radius 2 is 2.28 bits per heavy atom. The van der Waals surface area contributed by atoms with E-state index in [1.165, 1.54) is 0 Å². The Hall–Kier alpha value is -1.57. The molecule has 1 rings (SSSR count). The number of nitrogens with one attached hydrogen (secondary N) is 1. The number of carbonyl (C=O) groups is 1. The SMILES string of the molecule is Cc1noc(CCCC(=O)NCC(F)(F)CN)n1. The fourth-order valence-corrected chi connectivity index (χ4v) is 1.23. The Balaban J connectivity index is 2.18. The molecule has 0 saturated heterocycles. The predicted octanol–water partition coefficient (Wildman–Crippen LogP) is 0.411. The highest BCUT2D eigenvalue weighted by atomic mass is 19.3. The van der Waals surface area contributed by atoms with E-state index in [-0.39, 0.29) is 6.42 Å². The van der Waals surface area contributed by atoms with Crippen molar-refractivity contribution >= 4 is 5.91 Å². The fraction of sp³-hybridized carbons (Fsp3) is 0.700. The minimum absolute atomic E-state index is 0.127. The molecule has 8 heteroatoms. The monoisotopic (exact) mass is 262 g/mol. The lowest BCUT2D eigenvalue weighted by Crippen LogP contribution is -2.41. The van der Waals surface area contributed by atoms with Crippen molar-refractivity contribution < 1.29 is 18.1 Å². The number of amides is 1. The Morgan fingerprint density at radius 1 is 1.56 bits per heavy atom. The number of nitrogens with zero attached hydrogens (tertiary/aromatic N) is 2. The van der Waals surface area contributed by atoms with E-state index in [1.807, 2.05) is 0 Å². The van der Waals surface area contributed by atoms with E-state index in [0.29, 0.717) is 24.6 Å². The molecule has 0 radical (unpaired) electrons. The molecule has 1 amide bonds. The third-order valence-corrected chi connectivity index (χ3v) is 2.21. The van der Waals surface area contributed by atoms with Gasteiger partial charge in [-0.05, 0) is 13.3 Å². The number of rotatable bonds is 7. The molecule has 1 aromatic heterocycles. The van der Waals surface area contributed by atoms with Gasteiger partial charge in [0.1, 0.15) is 0 Å². The van der Waals surface area contributed by atoms with Gasteiger partial charge in [-0.1, -0.05) is 5.16 Å². The number of alkyl halides is 2. The number of hydrogen-bond acceptors (Lipinski definition) is 5. The number of halogens is 2. The molecule has 18 heavy (non-hydrogen) atoms. The van der Waals surface area contributed by atoms with Crippen LogP contribution in [0.5, 0.6) is 0 Å². The van der Waals surface area contributed by atoms with Gasteiger partial charge in [0, 0.05) is 12.8 Å². The van der Waals surface area contributed by atoms with Gasteiger partial charge in [-0.2, -0.15) is 4.98 Å². The molecule has 0 spiro atoms. The van der Waals surface area contributed by atoms with Crippen LogP contribution in [0.15, 0.2) is 4.52 Å². The first-order chi connectivity index (χ1) is 8.43. The molecule has 0 unspecified atom stereocenters. The summed E-state index contributed by atoms with van der Waals surface area (Å²) in [5.74, 6) is -2.54. The van der Waals surface area contributed by atoms with Crippen LogP contribution >= 0.6 is 0 Å². The van der Waals surface area contributed by atoms with Crippen LogP contribution in [0.25, 0.3) is 0 Å². The van der Waals surface area contributed by atoms with Gasteiger partial charge in [0.15, 0.2) is 5.82 Å². The van der Waals surface area contributed by atoms with Gasteiger partial charge in [0.05, 0.1) is 13.1 Å². The predicted molar refractivity (Wildman–Crippen MR) is 59.0 cm³/mol. The molecular formula is C10H16F2N4O2. The highest BCUT2D eigenvalue weighted by Gasteiger charge is 2.26. The molecule has 0 aliphatic carbocycles. The van der Waals surface area contributed by atoms with Crippen LogP contribution in [0.1, 0.15) is 24.6 Å². The van der Waals surface area contributed by atoms with E-state index in [0.717, 1.165) is 0 Å². The van der Waals surface area contributed by atoms with Crippen molar-refractivity contribution in [3.63, 3.8) is 0 Å². The largest absolute Gasteiger partial charge is 0.350 e. The summed E-state index contributed by atoms with van der Waals surface area (Å²) in [5.41, 5.74) is 4.84. The Kier molecular flexibility index (Phi) is 5.14. The maximum Gasteiger partial charge on any atom is 0.277 e. The van der Waals surface area contributed by atoms with Crippen LogP contribution in [0.3, 0.4) is 0 Å². The maximum absolute atomic E-state index is 12.7. The van der Waals surface area contributed by atoms with Crippen molar-refractivity contribution in [2.24, 2.45) is 5.73 Å². The lowest BCUT2D eigenvalue weighted by atomic mass is 10.2. The number of nitrogens with two attached hydrogens (primary N) is 1. The van der Waals surface area contributed by atoms with E-state index >= 15 is 0 Å². The third kappa shape index (κ3) is 5.17. The van der Waals surface area contributed by atoms with Crippen LogP contribution in [-0.4, -0.2) is 35.1 Å². The fourth-order valence-electron chi connectivity index (χ4n) is 1.23. The summed E-state index contributed by atoms with van der Waals surface area (Å²) in [5, 5.41) is 5.72. The van der Waals surface area contributed by atoms with E-state index in [2.05, 4.69) is 15.5 Å². The number of aryl methyl sites for hydroxylation is 2. The summed E-state index contributed by atoms with van der Waals surface area (Å²) >= 11 is 0. The Morgan fingerprint density at radius 3 is 2.83 bits per heavy atom. The molecule has 0 bridgehead atoms. The van der Waals surface area contributed by atoms with Crippen LogP contribution in [-0.2, 0) is 11.2 Å². The second-order valence-corrected chi connectivity index (χ2v) is 3.93. The third-order valence-electron chi connectivity index (χ3n) is 2.21. The van der Waals surface area contributed by atoms with Gasteiger partial charge in [-0.3, -0.25) is 4.79 Å². The molecule has 6 nitrogen and oxygen atoms in total. The number of aromatic nitrogens is 2. The topological polar surface area (TPSA) is 94.0 Å². The first-order valence-corrected chi connectivity index (χ1v) is 5.57. The van der Waals surface area contributed by atoms with Gasteiger partial charge < -0.3 is 15.6 Å². The van der Waals surface area contributed by atoms with Gasteiger partial charge in [-0.25, -0.2) is 8.78 Å². The summed E-state index contributed by atoms with van der Waals surface area (Å²) in [6.45, 7) is 0.172. The summed E-state index contributed by atoms with van der Waals surface area (Å²) in [6.07, 6.45) is 1.03. The van der Waals surface area contributed by atoms with Gasteiger partial charge >= 0.3 is 0 Å². The average molecular weight is 262 g/mol. The molecule has 0 saturated carbocycles. The molecule has 102 valence electrons. The Bertz CT molecular complexity index is 395. The van der Waals surface area contributed by atoms with Crippen molar-refractivity contribution in [3.05, 3.63) is 11.7 Å². The van der Waals surface area contributed by atoms with Crippen LogP contribution in [0.4, 0.5) is 8.78 Å². The molecule has 0 atom stereocenters. The zero-order valence-corrected chi connectivity index (χ0v) is 10.1. The molecular weight excluding hydrogens is 246 g/mol. The highest BCUT2D eigenvalue weighted by Crippen LogP contribution is 2.09. The Labute approximate surface area is 103 Å². The van der Waals surface area contributed by atoms with Crippen molar-refractivity contribution in [2.45, 2.75) is 32.1 Å². The van der Waals surface area contributed by atoms with Crippen molar-refractivity contribution in [1.82, 2.24) is 15.5 Å². The maximum atomic E-state index is 12.7. The smallest absolute Gasteiger partial charge is 0.277 e. The normalized spacial score (nSPS) is 11.6. The highest BCUT2D eigenvalue weighted by molar-refractivity contribution is 5.75. The van der Waals surface area contributed by atoms with Crippen molar-refractivity contribution in [3.8, 4) is 0 Å². The standard InChI is InChI=1S/C10H16F2N4O2/c1-7-15-9(18-16-7)4-2-3-8(17)14-6-10(11,12)5-13/h2-6,13H2,1H3,(H,14,17). The molecule has 3 N–H and O–H groups in total. The van der Waals surface area contributed by atoms with Gasteiger partial charge in [-0.15, -0.1) is 0 Å². The molecule has 0 fully saturated rings. The molecule has 0 aliphatic heterocycles. The van der Waals surface area contributed by atoms with Crippen LogP contribution in [0.2, 0.25) is 0 Å². The lowest BCUT2D eigenvalue weighted by Gasteiger charge is -2.14. The van der Waals surface area contributed by atoms with E-state index < -0.39 is 24.9 Å². The van der Waals surface area contributed by atoms with Crippen LogP contribution < -0.4 is 11.1 Å². The minimum Gasteiger partial charge on any atom is -0.350 e. The van der Waals surface area contributed by atoms with E-state index in [1.54, 1.807) is 6.92 Å². The zero-order chi connectivity index (χ0) is 13.6. The van der Waals surface area contributed by atoms with Gasteiger partial charge in [0.2, 0.25) is 11.8 Å². The number of hydrogen-bond donors (Lipinski definition) is 2. The minimum atomic E-state index is -3.06. The zero-order valence-electron chi connectivity index (χ0n) is 10.1. The number of carbonyl (C=O) groups excluding carboxylic acids is 1. The van der Waals surface area contributed by atoms with E-state index in [9.17, 15) is 13.6 Å². The second kappa shape index (κ2) is 6.39. The molecule has 1 aromatic rings. The molecule has 0 aromatic carbocycles. The first kappa shape index (κ1) is 14.5. The first-order valence-electron chi connectivity index (χ1n) is 5.57. The quantitative estimate of drug-likeness (QED) is 0.742. The summed E-state index contributed by atoms with van der Waals surface area (Å²) in [7, 11) is 0. The van der Waals surface area contributed by atoms with Crippen LogP contribution in [0, 0.1) is 6.92 Å². The van der Waals surface area contributed by atoms with Crippen molar-refractivity contribution in [1.29, 1.82) is 0 Å². The van der Waals surface area contributed by atoms with Crippen molar-refractivity contribution in [2.75, 3.05) is 13.1 Å². The lowest BCUT2D eigenvalue weighted by molar-refractivity contribution is -0.123. The van der Waals surface area contributed by atoms with Gasteiger partial charge in [0.25, 0.3) is 5.92 Å². The summed E-state index contributed by atoms with van der Waals surface area (Å²) in [4.78, 5) is 15.2. The molecule has 0 aliphatic rings. The average Bonchev–Trinajstić information content (AvgIpc) is 2.73. The molecule has 1 heterocycles. The second-order valence-electron chi connectivity index (χ2n) is 3.93. The van der Waals surface area contributed by atoms with E-state index in [4.69, 9.17) is 10.3 Å². The summed E-state index contributed by atoms with van der Waals surface area (Å²) in [6, 6.07) is 0. The summed E-state index contributed by atoms with van der Waals surface area (Å²) < 4.78 is 30.3.